The first-order chi connectivity index (χ1) is 8.76. The van der Waals surface area contributed by atoms with E-state index in [4.69, 9.17) is 4.74 Å². The number of amides is 1. The second kappa shape index (κ2) is 6.53. The molecule has 2 heterocycles. The minimum atomic E-state index is 0.0624. The van der Waals surface area contributed by atoms with Crippen LogP contribution in [0, 0.1) is 5.92 Å². The maximum absolute atomic E-state index is 12.2. The first-order valence-corrected chi connectivity index (χ1v) is 7.40. The number of nitrogens with one attached hydrogen (secondary N) is 1. The van der Waals surface area contributed by atoms with Gasteiger partial charge in [-0.1, -0.05) is 13.8 Å². The Hall–Kier alpha value is -0.610. The molecular weight excluding hydrogens is 228 g/mol. The standard InChI is InChI=1S/C14H26N2O2/c1-3-7-15-12-5-8-16(14(12)17)10-11-6-9-18-13(11)4-2/h11-13,15H,3-10H2,1-2H3. The summed E-state index contributed by atoms with van der Waals surface area (Å²) in [5, 5.41) is 3.34. The topological polar surface area (TPSA) is 41.6 Å². The van der Waals surface area contributed by atoms with E-state index in [1.54, 1.807) is 0 Å². The third-order valence-corrected chi connectivity index (χ3v) is 4.14. The monoisotopic (exact) mass is 254 g/mol. The Balaban J connectivity index is 1.82. The second-order valence-corrected chi connectivity index (χ2v) is 5.45. The van der Waals surface area contributed by atoms with Gasteiger partial charge in [-0.3, -0.25) is 4.79 Å². The lowest BCUT2D eigenvalue weighted by molar-refractivity contribution is -0.130. The summed E-state index contributed by atoms with van der Waals surface area (Å²) in [5.41, 5.74) is 0. The van der Waals surface area contributed by atoms with Gasteiger partial charge >= 0.3 is 0 Å². The number of rotatable bonds is 6. The van der Waals surface area contributed by atoms with Gasteiger partial charge in [0.15, 0.2) is 0 Å². The van der Waals surface area contributed by atoms with Crippen LogP contribution in [0.4, 0.5) is 0 Å². The van der Waals surface area contributed by atoms with Crippen LogP contribution in [0.25, 0.3) is 0 Å². The number of hydrogen-bond acceptors (Lipinski definition) is 3. The molecule has 0 aromatic carbocycles. The van der Waals surface area contributed by atoms with Crippen molar-refractivity contribution in [2.24, 2.45) is 5.92 Å². The van der Waals surface area contributed by atoms with Crippen molar-refractivity contribution in [2.45, 2.75) is 51.7 Å². The van der Waals surface area contributed by atoms with Crippen molar-refractivity contribution >= 4 is 5.91 Å². The van der Waals surface area contributed by atoms with E-state index in [0.29, 0.717) is 17.9 Å². The van der Waals surface area contributed by atoms with Crippen molar-refractivity contribution in [3.8, 4) is 0 Å². The molecule has 4 nitrogen and oxygen atoms in total. The predicted molar refractivity (Wildman–Crippen MR) is 71.4 cm³/mol. The van der Waals surface area contributed by atoms with Crippen LogP contribution in [-0.4, -0.2) is 49.2 Å². The van der Waals surface area contributed by atoms with E-state index in [1.165, 1.54) is 0 Å². The van der Waals surface area contributed by atoms with Crippen molar-refractivity contribution < 1.29 is 9.53 Å². The Labute approximate surface area is 110 Å². The van der Waals surface area contributed by atoms with Crippen molar-refractivity contribution in [1.29, 1.82) is 0 Å². The molecule has 3 atom stereocenters. The Bertz CT molecular complexity index is 283. The molecule has 2 aliphatic rings. The molecule has 2 aliphatic heterocycles. The molecular formula is C14H26N2O2. The highest BCUT2D eigenvalue weighted by atomic mass is 16.5. The predicted octanol–water partition coefficient (Wildman–Crippen LogP) is 1.40. The van der Waals surface area contributed by atoms with E-state index in [-0.39, 0.29) is 6.04 Å². The van der Waals surface area contributed by atoms with Crippen LogP contribution in [0.2, 0.25) is 0 Å². The molecule has 0 aromatic heterocycles. The Morgan fingerprint density at radius 1 is 1.39 bits per heavy atom. The number of carbonyl (C=O) groups is 1. The van der Waals surface area contributed by atoms with Crippen molar-refractivity contribution in [1.82, 2.24) is 10.2 Å². The highest BCUT2D eigenvalue weighted by Gasteiger charge is 2.35. The molecule has 2 saturated heterocycles. The SMILES string of the molecule is CCCNC1CCN(CC2CCOC2CC)C1=O. The largest absolute Gasteiger partial charge is 0.378 e. The fourth-order valence-corrected chi connectivity index (χ4v) is 3.06. The molecule has 0 radical (unpaired) electrons. The molecule has 18 heavy (non-hydrogen) atoms. The number of ether oxygens (including phenoxy) is 1. The highest BCUT2D eigenvalue weighted by molar-refractivity contribution is 5.83. The van der Waals surface area contributed by atoms with Gasteiger partial charge in [-0.15, -0.1) is 0 Å². The van der Waals surface area contributed by atoms with E-state index in [9.17, 15) is 4.79 Å². The second-order valence-electron chi connectivity index (χ2n) is 5.45. The molecule has 0 spiro atoms. The zero-order valence-corrected chi connectivity index (χ0v) is 11.7. The van der Waals surface area contributed by atoms with E-state index in [2.05, 4.69) is 19.2 Å². The number of carbonyl (C=O) groups excluding carboxylic acids is 1. The highest BCUT2D eigenvalue weighted by Crippen LogP contribution is 2.26. The minimum absolute atomic E-state index is 0.0624. The van der Waals surface area contributed by atoms with Gasteiger partial charge in [0.1, 0.15) is 0 Å². The fraction of sp³-hybridized carbons (Fsp3) is 0.929. The summed E-state index contributed by atoms with van der Waals surface area (Å²) in [4.78, 5) is 14.3. The lowest BCUT2D eigenvalue weighted by Crippen LogP contribution is -2.41. The van der Waals surface area contributed by atoms with Crippen LogP contribution in [0.1, 0.15) is 39.5 Å². The smallest absolute Gasteiger partial charge is 0.239 e. The van der Waals surface area contributed by atoms with Crippen molar-refractivity contribution in [3.63, 3.8) is 0 Å². The molecule has 0 aliphatic carbocycles. The first kappa shape index (κ1) is 13.8. The van der Waals surface area contributed by atoms with Gasteiger partial charge in [0.25, 0.3) is 0 Å². The van der Waals surface area contributed by atoms with Crippen LogP contribution < -0.4 is 5.32 Å². The normalized spacial score (nSPS) is 32.4. The molecule has 4 heteroatoms. The molecule has 0 saturated carbocycles. The van der Waals surface area contributed by atoms with Crippen LogP contribution in [0.15, 0.2) is 0 Å². The summed E-state index contributed by atoms with van der Waals surface area (Å²) in [5.74, 6) is 0.842. The minimum Gasteiger partial charge on any atom is -0.378 e. The molecule has 1 amide bonds. The maximum Gasteiger partial charge on any atom is 0.239 e. The van der Waals surface area contributed by atoms with Gasteiger partial charge in [0.2, 0.25) is 5.91 Å². The Morgan fingerprint density at radius 3 is 2.94 bits per heavy atom. The van der Waals surface area contributed by atoms with Crippen molar-refractivity contribution in [2.75, 3.05) is 26.2 Å². The van der Waals surface area contributed by atoms with Gasteiger partial charge < -0.3 is 15.0 Å². The average Bonchev–Trinajstić information content (AvgIpc) is 2.96. The van der Waals surface area contributed by atoms with E-state index in [1.807, 2.05) is 4.90 Å². The van der Waals surface area contributed by atoms with Crippen LogP contribution in [0.5, 0.6) is 0 Å². The third kappa shape index (κ3) is 3.04. The molecule has 0 bridgehead atoms. The summed E-state index contributed by atoms with van der Waals surface area (Å²) >= 11 is 0. The Morgan fingerprint density at radius 2 is 2.22 bits per heavy atom. The fourth-order valence-electron chi connectivity index (χ4n) is 3.06. The quantitative estimate of drug-likeness (QED) is 0.779. The van der Waals surface area contributed by atoms with E-state index >= 15 is 0 Å². The first-order valence-electron chi connectivity index (χ1n) is 7.40. The van der Waals surface area contributed by atoms with E-state index < -0.39 is 0 Å². The molecule has 0 aromatic rings. The number of likely N-dealkylation sites (tertiary alicyclic amines) is 1. The number of hydrogen-bond donors (Lipinski definition) is 1. The maximum atomic E-state index is 12.2. The van der Waals surface area contributed by atoms with Gasteiger partial charge in [-0.05, 0) is 32.2 Å². The summed E-state index contributed by atoms with van der Waals surface area (Å²) in [7, 11) is 0. The van der Waals surface area contributed by atoms with Crippen LogP contribution in [-0.2, 0) is 9.53 Å². The van der Waals surface area contributed by atoms with Gasteiger partial charge in [0, 0.05) is 25.6 Å². The zero-order chi connectivity index (χ0) is 13.0. The lowest BCUT2D eigenvalue weighted by atomic mass is 9.99. The molecule has 2 rings (SSSR count). The Kier molecular flexibility index (Phi) is 5.01. The van der Waals surface area contributed by atoms with Gasteiger partial charge in [-0.25, -0.2) is 0 Å². The molecule has 104 valence electrons. The van der Waals surface area contributed by atoms with Gasteiger partial charge in [-0.2, -0.15) is 0 Å². The average molecular weight is 254 g/mol. The van der Waals surface area contributed by atoms with E-state index in [0.717, 1.165) is 51.9 Å². The molecule has 3 unspecified atom stereocenters. The summed E-state index contributed by atoms with van der Waals surface area (Å²) in [6.45, 7) is 7.90. The number of nitrogens with zero attached hydrogens (tertiary/aromatic N) is 1. The summed E-state index contributed by atoms with van der Waals surface area (Å²) < 4.78 is 5.70. The third-order valence-electron chi connectivity index (χ3n) is 4.14. The zero-order valence-electron chi connectivity index (χ0n) is 11.7. The lowest BCUT2D eigenvalue weighted by Gasteiger charge is -2.24. The molecule has 1 N–H and O–H groups in total. The van der Waals surface area contributed by atoms with Crippen molar-refractivity contribution in [3.05, 3.63) is 0 Å². The summed E-state index contributed by atoms with van der Waals surface area (Å²) in [6.07, 6.45) is 4.57. The van der Waals surface area contributed by atoms with Crippen LogP contribution >= 0.6 is 0 Å². The molecule has 2 fully saturated rings. The van der Waals surface area contributed by atoms with Gasteiger partial charge in [0.05, 0.1) is 12.1 Å². The summed E-state index contributed by atoms with van der Waals surface area (Å²) in [6, 6.07) is 0.0624. The van der Waals surface area contributed by atoms with Crippen LogP contribution in [0.3, 0.4) is 0 Å².